The third-order valence-corrected chi connectivity index (χ3v) is 4.52. The highest BCUT2D eigenvalue weighted by atomic mass is 32.2. The smallest absolute Gasteiger partial charge is 0.233 e. The molecule has 0 aliphatic heterocycles. The summed E-state index contributed by atoms with van der Waals surface area (Å²) >= 11 is 1.40. The van der Waals surface area contributed by atoms with Gasteiger partial charge in [-0.3, -0.25) is 4.79 Å². The van der Waals surface area contributed by atoms with Gasteiger partial charge in [0.1, 0.15) is 5.82 Å². The van der Waals surface area contributed by atoms with Crippen LogP contribution in [-0.4, -0.2) is 46.2 Å². The van der Waals surface area contributed by atoms with Crippen LogP contribution >= 0.6 is 11.8 Å². The topological polar surface area (TPSA) is 69.0 Å². The molecule has 0 bridgehead atoms. The first kappa shape index (κ1) is 17.5. The summed E-state index contributed by atoms with van der Waals surface area (Å²) in [6.45, 7) is 2.88. The van der Waals surface area contributed by atoms with Crippen LogP contribution in [0.2, 0.25) is 0 Å². The molecule has 1 atom stereocenters. The van der Waals surface area contributed by atoms with Gasteiger partial charge < -0.3 is 14.6 Å². The fourth-order valence-corrected chi connectivity index (χ4v) is 2.87. The molecular formula is C16H22N4O2S. The first-order valence-corrected chi connectivity index (χ1v) is 8.35. The summed E-state index contributed by atoms with van der Waals surface area (Å²) in [6, 6.07) is 10.1. The van der Waals surface area contributed by atoms with Crippen LogP contribution in [0.5, 0.6) is 0 Å². The summed E-state index contributed by atoms with van der Waals surface area (Å²) in [7, 11) is 3.54. The molecule has 6 nitrogen and oxygen atoms in total. The van der Waals surface area contributed by atoms with Crippen LogP contribution in [-0.2, 0) is 23.0 Å². The highest BCUT2D eigenvalue weighted by molar-refractivity contribution is 8.00. The molecule has 0 unspecified atom stereocenters. The molecule has 1 aromatic carbocycles. The average Bonchev–Trinajstić information content (AvgIpc) is 2.89. The maximum atomic E-state index is 12.0. The van der Waals surface area contributed by atoms with E-state index in [2.05, 4.69) is 27.6 Å². The highest BCUT2D eigenvalue weighted by Gasteiger charge is 2.18. The number of carbonyl (C=O) groups is 1. The number of aromatic nitrogens is 3. The number of rotatable bonds is 8. The molecule has 23 heavy (non-hydrogen) atoms. The Kier molecular flexibility index (Phi) is 6.61. The van der Waals surface area contributed by atoms with Gasteiger partial charge in [-0.1, -0.05) is 42.1 Å². The summed E-state index contributed by atoms with van der Waals surface area (Å²) in [5.74, 6) is 0.852. The van der Waals surface area contributed by atoms with Crippen LogP contribution < -0.4 is 5.32 Å². The van der Waals surface area contributed by atoms with E-state index in [1.54, 1.807) is 7.11 Å². The number of benzene rings is 1. The molecule has 2 rings (SSSR count). The molecule has 0 aliphatic rings. The molecule has 1 heterocycles. The van der Waals surface area contributed by atoms with Crippen LogP contribution in [0.4, 0.5) is 0 Å². The van der Waals surface area contributed by atoms with Crippen LogP contribution in [0.1, 0.15) is 18.3 Å². The fraction of sp³-hybridized carbons (Fsp3) is 0.438. The predicted molar refractivity (Wildman–Crippen MR) is 90.5 cm³/mol. The minimum atomic E-state index is -0.237. The van der Waals surface area contributed by atoms with Crippen LogP contribution in [0.3, 0.4) is 0 Å². The molecule has 0 radical (unpaired) electrons. The number of amides is 1. The first-order chi connectivity index (χ1) is 11.1. The van der Waals surface area contributed by atoms with Crippen LogP contribution in [0.15, 0.2) is 35.5 Å². The summed E-state index contributed by atoms with van der Waals surface area (Å²) in [5, 5.41) is 11.8. The number of nitrogens with zero attached hydrogens (tertiary/aromatic N) is 3. The average molecular weight is 334 g/mol. The van der Waals surface area contributed by atoms with Gasteiger partial charge in [-0.05, 0) is 12.5 Å². The lowest BCUT2D eigenvalue weighted by atomic mass is 10.1. The Bertz CT molecular complexity index is 630. The monoisotopic (exact) mass is 334 g/mol. The van der Waals surface area contributed by atoms with Gasteiger partial charge in [0, 0.05) is 27.1 Å². The van der Waals surface area contributed by atoms with Crippen molar-refractivity contribution in [2.45, 2.75) is 23.8 Å². The minimum Gasteiger partial charge on any atom is -0.383 e. The molecule has 2 aromatic rings. The van der Waals surface area contributed by atoms with E-state index in [4.69, 9.17) is 4.74 Å². The number of thioether (sulfide) groups is 1. The molecule has 1 aromatic heterocycles. The second-order valence-electron chi connectivity index (χ2n) is 5.16. The van der Waals surface area contributed by atoms with Gasteiger partial charge in [0.2, 0.25) is 5.91 Å². The van der Waals surface area contributed by atoms with E-state index in [0.717, 1.165) is 17.4 Å². The van der Waals surface area contributed by atoms with E-state index >= 15 is 0 Å². The summed E-state index contributed by atoms with van der Waals surface area (Å²) < 4.78 is 6.86. The molecule has 7 heteroatoms. The molecule has 0 saturated heterocycles. The molecule has 0 fully saturated rings. The standard InChI is InChI=1S/C16H22N4O2S/c1-12(15(21)17-9-10-22-3)23-16-19-18-14(20(16)2)11-13-7-5-4-6-8-13/h4-8,12H,9-11H2,1-3H3,(H,17,21)/t12-/m1/s1. The summed E-state index contributed by atoms with van der Waals surface area (Å²) in [5.41, 5.74) is 1.19. The van der Waals surface area contributed by atoms with E-state index in [1.807, 2.05) is 36.7 Å². The number of ether oxygens (including phenoxy) is 1. The zero-order valence-corrected chi connectivity index (χ0v) is 14.5. The lowest BCUT2D eigenvalue weighted by Gasteiger charge is -2.11. The van der Waals surface area contributed by atoms with E-state index in [0.29, 0.717) is 13.2 Å². The Morgan fingerprint density at radius 3 is 2.78 bits per heavy atom. The zero-order valence-electron chi connectivity index (χ0n) is 13.7. The maximum absolute atomic E-state index is 12.0. The third-order valence-electron chi connectivity index (χ3n) is 3.39. The van der Waals surface area contributed by atoms with Crippen molar-refractivity contribution in [3.05, 3.63) is 41.7 Å². The van der Waals surface area contributed by atoms with E-state index in [-0.39, 0.29) is 11.2 Å². The van der Waals surface area contributed by atoms with Crippen LogP contribution in [0, 0.1) is 0 Å². The first-order valence-electron chi connectivity index (χ1n) is 7.47. The number of nitrogens with one attached hydrogen (secondary N) is 1. The molecule has 0 saturated carbocycles. The van der Waals surface area contributed by atoms with Crippen molar-refractivity contribution in [1.29, 1.82) is 0 Å². The third kappa shape index (κ3) is 5.07. The second-order valence-corrected chi connectivity index (χ2v) is 6.47. The van der Waals surface area contributed by atoms with E-state index in [1.165, 1.54) is 17.3 Å². The Morgan fingerprint density at radius 2 is 2.09 bits per heavy atom. The van der Waals surface area contributed by atoms with Crippen molar-refractivity contribution in [2.24, 2.45) is 7.05 Å². The van der Waals surface area contributed by atoms with Crippen molar-refractivity contribution < 1.29 is 9.53 Å². The zero-order chi connectivity index (χ0) is 16.7. The molecule has 1 amide bonds. The van der Waals surface area contributed by atoms with E-state index < -0.39 is 0 Å². The minimum absolute atomic E-state index is 0.0281. The predicted octanol–water partition coefficient (Wildman–Crippen LogP) is 1.65. The van der Waals surface area contributed by atoms with Crippen molar-refractivity contribution in [1.82, 2.24) is 20.1 Å². The Hall–Kier alpha value is -1.86. The quantitative estimate of drug-likeness (QED) is 0.587. The largest absolute Gasteiger partial charge is 0.383 e. The normalized spacial score (nSPS) is 12.1. The number of hydrogen-bond donors (Lipinski definition) is 1. The molecule has 124 valence electrons. The van der Waals surface area contributed by atoms with Crippen molar-refractivity contribution in [3.63, 3.8) is 0 Å². The van der Waals surface area contributed by atoms with Crippen LogP contribution in [0.25, 0.3) is 0 Å². The number of hydrogen-bond acceptors (Lipinski definition) is 5. The molecular weight excluding hydrogens is 312 g/mol. The van der Waals surface area contributed by atoms with Gasteiger partial charge in [0.05, 0.1) is 11.9 Å². The lowest BCUT2D eigenvalue weighted by Crippen LogP contribution is -2.33. The van der Waals surface area contributed by atoms with Gasteiger partial charge in [-0.25, -0.2) is 0 Å². The molecule has 1 N–H and O–H groups in total. The van der Waals surface area contributed by atoms with Gasteiger partial charge in [-0.15, -0.1) is 10.2 Å². The second kappa shape index (κ2) is 8.69. The van der Waals surface area contributed by atoms with Crippen molar-refractivity contribution >= 4 is 17.7 Å². The number of carbonyl (C=O) groups excluding carboxylic acids is 1. The van der Waals surface area contributed by atoms with Gasteiger partial charge in [0.25, 0.3) is 0 Å². The fourth-order valence-electron chi connectivity index (χ4n) is 2.01. The van der Waals surface area contributed by atoms with Crippen molar-refractivity contribution in [3.8, 4) is 0 Å². The van der Waals surface area contributed by atoms with Gasteiger partial charge >= 0.3 is 0 Å². The van der Waals surface area contributed by atoms with Crippen molar-refractivity contribution in [2.75, 3.05) is 20.3 Å². The SMILES string of the molecule is COCCNC(=O)[C@@H](C)Sc1nnc(Cc2ccccc2)n1C. The maximum Gasteiger partial charge on any atom is 0.233 e. The molecule has 0 spiro atoms. The Labute approximate surface area is 140 Å². The van der Waals surface area contributed by atoms with Gasteiger partial charge in [-0.2, -0.15) is 0 Å². The number of methoxy groups -OCH3 is 1. The van der Waals surface area contributed by atoms with Gasteiger partial charge in [0.15, 0.2) is 5.16 Å². The lowest BCUT2D eigenvalue weighted by molar-refractivity contribution is -0.120. The summed E-state index contributed by atoms with van der Waals surface area (Å²) in [4.78, 5) is 12.0. The van der Waals surface area contributed by atoms with E-state index in [9.17, 15) is 4.79 Å². The Balaban J connectivity index is 1.95. The molecule has 0 aliphatic carbocycles. The summed E-state index contributed by atoms with van der Waals surface area (Å²) in [6.07, 6.45) is 0.722. The Morgan fingerprint density at radius 1 is 1.35 bits per heavy atom. The highest BCUT2D eigenvalue weighted by Crippen LogP contribution is 2.22.